The van der Waals surface area contributed by atoms with Crippen molar-refractivity contribution in [1.29, 1.82) is 0 Å². The normalized spacial score (nSPS) is 13.3. The van der Waals surface area contributed by atoms with Gasteiger partial charge in [0.25, 0.3) is 5.91 Å². The Kier molecular flexibility index (Phi) is 4.43. The number of carbonyl (C=O) groups is 1. The molecule has 0 fully saturated rings. The van der Waals surface area contributed by atoms with Crippen molar-refractivity contribution in [3.8, 4) is 0 Å². The zero-order chi connectivity index (χ0) is 14.1. The second kappa shape index (κ2) is 5.31. The lowest BCUT2D eigenvalue weighted by atomic mass is 9.87. The minimum Gasteiger partial charge on any atom is -0.338 e. The van der Waals surface area contributed by atoms with Gasteiger partial charge in [-0.25, -0.2) is 4.39 Å². The monoisotopic (exact) mass is 269 g/mol. The average Bonchev–Trinajstić information content (AvgIpc) is 2.28. The summed E-state index contributed by atoms with van der Waals surface area (Å²) in [5, 5.41) is 0. The highest BCUT2D eigenvalue weighted by Gasteiger charge is 2.28. The van der Waals surface area contributed by atoms with Crippen LogP contribution < -0.4 is 0 Å². The maximum absolute atomic E-state index is 13.7. The molecule has 0 saturated heterocycles. The molecule has 4 heteroatoms. The van der Waals surface area contributed by atoms with E-state index in [1.165, 1.54) is 18.2 Å². The summed E-state index contributed by atoms with van der Waals surface area (Å²) < 4.78 is 13.7. The van der Waals surface area contributed by atoms with Gasteiger partial charge in [-0.15, -0.1) is 12.6 Å². The van der Waals surface area contributed by atoms with Gasteiger partial charge >= 0.3 is 0 Å². The quantitative estimate of drug-likeness (QED) is 0.813. The highest BCUT2D eigenvalue weighted by atomic mass is 32.1. The van der Waals surface area contributed by atoms with Crippen molar-refractivity contribution in [3.05, 3.63) is 29.6 Å². The minimum atomic E-state index is -0.509. The summed E-state index contributed by atoms with van der Waals surface area (Å²) in [4.78, 5) is 14.4. The number of thiol groups is 1. The summed E-state index contributed by atoms with van der Waals surface area (Å²) in [6.07, 6.45) is 0. The van der Waals surface area contributed by atoms with E-state index in [1.807, 2.05) is 27.7 Å². The van der Waals surface area contributed by atoms with Gasteiger partial charge in [0, 0.05) is 18.0 Å². The summed E-state index contributed by atoms with van der Waals surface area (Å²) in [5.74, 6) is -0.823. The number of rotatable bonds is 2. The highest BCUT2D eigenvalue weighted by molar-refractivity contribution is 7.80. The Bertz CT molecular complexity index is 454. The molecule has 18 heavy (non-hydrogen) atoms. The molecule has 0 aliphatic carbocycles. The molecule has 0 heterocycles. The Hall–Kier alpha value is -1.03. The van der Waals surface area contributed by atoms with E-state index in [9.17, 15) is 9.18 Å². The fourth-order valence-electron chi connectivity index (χ4n) is 1.62. The molecule has 1 amide bonds. The van der Waals surface area contributed by atoms with E-state index in [0.717, 1.165) is 0 Å². The van der Waals surface area contributed by atoms with Gasteiger partial charge in [-0.05, 0) is 30.5 Å². The van der Waals surface area contributed by atoms with Crippen molar-refractivity contribution in [1.82, 2.24) is 4.90 Å². The van der Waals surface area contributed by atoms with E-state index in [4.69, 9.17) is 0 Å². The molecule has 0 aliphatic rings. The first kappa shape index (κ1) is 15.0. The van der Waals surface area contributed by atoms with Gasteiger partial charge in [-0.3, -0.25) is 4.79 Å². The molecule has 0 aromatic heterocycles. The van der Waals surface area contributed by atoms with E-state index in [0.29, 0.717) is 4.90 Å². The number of hydrogen-bond acceptors (Lipinski definition) is 2. The van der Waals surface area contributed by atoms with Crippen LogP contribution in [0.4, 0.5) is 4.39 Å². The van der Waals surface area contributed by atoms with Crippen LogP contribution in [0.1, 0.15) is 38.1 Å². The molecule has 2 nitrogen and oxygen atoms in total. The molecular weight excluding hydrogens is 249 g/mol. The SMILES string of the molecule is CC(N(C)C(=O)c1cc(S)ccc1F)C(C)(C)C. The summed E-state index contributed by atoms with van der Waals surface area (Å²) in [7, 11) is 1.70. The Morgan fingerprint density at radius 2 is 1.94 bits per heavy atom. The van der Waals surface area contributed by atoms with Crippen LogP contribution in [0.15, 0.2) is 23.1 Å². The van der Waals surface area contributed by atoms with Crippen molar-refractivity contribution >= 4 is 18.5 Å². The number of halogens is 1. The summed E-state index contributed by atoms with van der Waals surface area (Å²) in [5.41, 5.74) is 0.0144. The van der Waals surface area contributed by atoms with Crippen molar-refractivity contribution in [2.24, 2.45) is 5.41 Å². The second-order valence-corrected chi connectivity index (χ2v) is 6.14. The minimum absolute atomic E-state index is 0.00738. The van der Waals surface area contributed by atoms with E-state index in [1.54, 1.807) is 11.9 Å². The van der Waals surface area contributed by atoms with Gasteiger partial charge in [-0.2, -0.15) is 0 Å². The van der Waals surface area contributed by atoms with E-state index in [-0.39, 0.29) is 22.9 Å². The van der Waals surface area contributed by atoms with Crippen molar-refractivity contribution in [2.45, 2.75) is 38.6 Å². The van der Waals surface area contributed by atoms with Gasteiger partial charge in [0.15, 0.2) is 0 Å². The first-order valence-electron chi connectivity index (χ1n) is 5.90. The maximum Gasteiger partial charge on any atom is 0.256 e. The summed E-state index contributed by atoms with van der Waals surface area (Å²) in [6.45, 7) is 8.10. The Labute approximate surface area is 114 Å². The molecule has 0 spiro atoms. The third-order valence-electron chi connectivity index (χ3n) is 3.33. The fourth-order valence-corrected chi connectivity index (χ4v) is 1.83. The molecule has 1 aromatic rings. The van der Waals surface area contributed by atoms with Crippen molar-refractivity contribution in [2.75, 3.05) is 7.05 Å². The average molecular weight is 269 g/mol. The Balaban J connectivity index is 3.04. The summed E-state index contributed by atoms with van der Waals surface area (Å²) >= 11 is 4.14. The van der Waals surface area contributed by atoms with Gasteiger partial charge in [0.1, 0.15) is 5.82 Å². The molecule has 0 N–H and O–H groups in total. The molecule has 0 radical (unpaired) electrons. The molecule has 0 bridgehead atoms. The fraction of sp³-hybridized carbons (Fsp3) is 0.500. The van der Waals surface area contributed by atoms with Crippen LogP contribution in [0.25, 0.3) is 0 Å². The number of carbonyl (C=O) groups excluding carboxylic acids is 1. The zero-order valence-corrected chi connectivity index (χ0v) is 12.4. The van der Waals surface area contributed by atoms with E-state index in [2.05, 4.69) is 12.6 Å². The molecule has 1 unspecified atom stereocenters. The lowest BCUT2D eigenvalue weighted by molar-refractivity contribution is 0.0624. The first-order chi connectivity index (χ1) is 8.14. The number of benzene rings is 1. The predicted molar refractivity (Wildman–Crippen MR) is 74.7 cm³/mol. The van der Waals surface area contributed by atoms with Crippen LogP contribution >= 0.6 is 12.6 Å². The zero-order valence-electron chi connectivity index (χ0n) is 11.5. The number of nitrogens with zero attached hydrogens (tertiary/aromatic N) is 1. The second-order valence-electron chi connectivity index (χ2n) is 5.62. The van der Waals surface area contributed by atoms with Crippen LogP contribution in [0.5, 0.6) is 0 Å². The lowest BCUT2D eigenvalue weighted by Crippen LogP contribution is -2.43. The lowest BCUT2D eigenvalue weighted by Gasteiger charge is -2.35. The molecule has 0 aliphatic heterocycles. The van der Waals surface area contributed by atoms with Crippen LogP contribution in [0.2, 0.25) is 0 Å². The topological polar surface area (TPSA) is 20.3 Å². The molecule has 100 valence electrons. The third-order valence-corrected chi connectivity index (χ3v) is 3.61. The van der Waals surface area contributed by atoms with Gasteiger partial charge in [0.2, 0.25) is 0 Å². The van der Waals surface area contributed by atoms with Crippen LogP contribution in [-0.4, -0.2) is 23.9 Å². The van der Waals surface area contributed by atoms with Crippen LogP contribution in [-0.2, 0) is 0 Å². The molecule has 1 atom stereocenters. The highest BCUT2D eigenvalue weighted by Crippen LogP contribution is 2.25. The Morgan fingerprint density at radius 3 is 2.44 bits per heavy atom. The standard InChI is InChI=1S/C14H20FNOS/c1-9(14(2,3)4)16(5)13(17)11-8-10(18)6-7-12(11)15/h6-9,18H,1-5H3. The smallest absolute Gasteiger partial charge is 0.256 e. The van der Waals surface area contributed by atoms with Gasteiger partial charge in [0.05, 0.1) is 5.56 Å². The van der Waals surface area contributed by atoms with E-state index < -0.39 is 5.82 Å². The predicted octanol–water partition coefficient (Wildman–Crippen LogP) is 3.62. The van der Waals surface area contributed by atoms with E-state index >= 15 is 0 Å². The number of hydrogen-bond donors (Lipinski definition) is 1. The van der Waals surface area contributed by atoms with Gasteiger partial charge < -0.3 is 4.90 Å². The maximum atomic E-state index is 13.7. The van der Waals surface area contributed by atoms with Crippen molar-refractivity contribution in [3.63, 3.8) is 0 Å². The van der Waals surface area contributed by atoms with Crippen LogP contribution in [0, 0.1) is 11.2 Å². The molecule has 1 aromatic carbocycles. The third kappa shape index (κ3) is 3.25. The van der Waals surface area contributed by atoms with Crippen molar-refractivity contribution < 1.29 is 9.18 Å². The molecular formula is C14H20FNOS. The van der Waals surface area contributed by atoms with Crippen LogP contribution in [0.3, 0.4) is 0 Å². The van der Waals surface area contributed by atoms with Gasteiger partial charge in [-0.1, -0.05) is 20.8 Å². The largest absolute Gasteiger partial charge is 0.338 e. The number of amides is 1. The Morgan fingerprint density at radius 1 is 1.39 bits per heavy atom. The first-order valence-corrected chi connectivity index (χ1v) is 6.35. The molecule has 0 saturated carbocycles. The molecule has 1 rings (SSSR count). The summed E-state index contributed by atoms with van der Waals surface area (Å²) in [6, 6.07) is 4.27.